The highest BCUT2D eigenvalue weighted by Crippen LogP contribution is 2.45. The molecular weight excluding hydrogens is 363 g/mol. The van der Waals surface area contributed by atoms with Crippen molar-refractivity contribution in [3.63, 3.8) is 0 Å². The molecule has 27 heavy (non-hydrogen) atoms. The number of esters is 1. The van der Waals surface area contributed by atoms with E-state index in [-0.39, 0.29) is 35.8 Å². The second-order valence-corrected chi connectivity index (χ2v) is 7.31. The van der Waals surface area contributed by atoms with Gasteiger partial charge in [0.25, 0.3) is 0 Å². The molecule has 0 bridgehead atoms. The monoisotopic (exact) mass is 387 g/mol. The van der Waals surface area contributed by atoms with Crippen molar-refractivity contribution in [1.82, 2.24) is 5.32 Å². The fourth-order valence-corrected chi connectivity index (χ4v) is 3.61. The van der Waals surface area contributed by atoms with Gasteiger partial charge < -0.3 is 15.2 Å². The Labute approximate surface area is 155 Å². The summed E-state index contributed by atoms with van der Waals surface area (Å²) in [6.07, 6.45) is -3.44. The van der Waals surface area contributed by atoms with Crippen LogP contribution >= 0.6 is 0 Å². The quantitative estimate of drug-likeness (QED) is 0.754. The van der Waals surface area contributed by atoms with E-state index >= 15 is 0 Å². The van der Waals surface area contributed by atoms with Crippen LogP contribution in [-0.2, 0) is 27.0 Å². The first kappa shape index (κ1) is 21.1. The van der Waals surface area contributed by atoms with E-state index in [9.17, 15) is 27.9 Å². The molecule has 0 radical (unpaired) electrons. The third-order valence-corrected chi connectivity index (χ3v) is 5.24. The molecule has 1 saturated carbocycles. The van der Waals surface area contributed by atoms with Gasteiger partial charge in [-0.05, 0) is 43.4 Å². The number of alkyl halides is 3. The SMILES string of the molecule is CC(=O)OC1CC[C@@](C(=O)NCc2cc(C(F)(F)F)ccc2O)(C(C)C)C1. The third kappa shape index (κ3) is 4.73. The zero-order valence-electron chi connectivity index (χ0n) is 15.5. The predicted molar refractivity (Wildman–Crippen MR) is 91.6 cm³/mol. The maximum absolute atomic E-state index is 12.9. The lowest BCUT2D eigenvalue weighted by atomic mass is 9.74. The number of ether oxygens (including phenoxy) is 1. The summed E-state index contributed by atoms with van der Waals surface area (Å²) in [5.41, 5.74) is -1.66. The van der Waals surface area contributed by atoms with E-state index in [1.54, 1.807) is 0 Å². The Balaban J connectivity index is 2.13. The summed E-state index contributed by atoms with van der Waals surface area (Å²) < 4.78 is 43.8. The van der Waals surface area contributed by atoms with E-state index in [1.807, 2.05) is 13.8 Å². The number of carbonyl (C=O) groups is 2. The zero-order chi connectivity index (χ0) is 20.4. The van der Waals surface area contributed by atoms with Crippen molar-refractivity contribution in [2.24, 2.45) is 11.3 Å². The molecule has 1 amide bonds. The van der Waals surface area contributed by atoms with Crippen LogP contribution in [0.15, 0.2) is 18.2 Å². The number of aromatic hydroxyl groups is 1. The second kappa shape index (κ2) is 7.78. The van der Waals surface area contributed by atoms with E-state index in [2.05, 4.69) is 5.32 Å². The Morgan fingerprint density at radius 1 is 1.37 bits per heavy atom. The molecule has 2 rings (SSSR count). The number of benzene rings is 1. The lowest BCUT2D eigenvalue weighted by Gasteiger charge is -2.32. The number of hydrogen-bond acceptors (Lipinski definition) is 4. The summed E-state index contributed by atoms with van der Waals surface area (Å²) in [5.74, 6) is -1.09. The molecule has 1 aromatic carbocycles. The molecule has 0 aromatic heterocycles. The molecule has 5 nitrogen and oxygen atoms in total. The van der Waals surface area contributed by atoms with Crippen molar-refractivity contribution in [2.45, 2.75) is 58.9 Å². The Bertz CT molecular complexity index is 717. The van der Waals surface area contributed by atoms with Crippen LogP contribution in [0.5, 0.6) is 5.75 Å². The van der Waals surface area contributed by atoms with Gasteiger partial charge in [-0.1, -0.05) is 13.8 Å². The number of rotatable bonds is 5. The van der Waals surface area contributed by atoms with Crippen molar-refractivity contribution in [3.8, 4) is 5.75 Å². The summed E-state index contributed by atoms with van der Waals surface area (Å²) in [7, 11) is 0. The molecule has 2 N–H and O–H groups in total. The van der Waals surface area contributed by atoms with Crippen molar-refractivity contribution in [3.05, 3.63) is 29.3 Å². The highest BCUT2D eigenvalue weighted by molar-refractivity contribution is 5.83. The van der Waals surface area contributed by atoms with Gasteiger partial charge in [0, 0.05) is 19.0 Å². The van der Waals surface area contributed by atoms with Crippen LogP contribution in [0, 0.1) is 11.3 Å². The van der Waals surface area contributed by atoms with Crippen LogP contribution in [0.1, 0.15) is 51.2 Å². The minimum atomic E-state index is -4.53. The van der Waals surface area contributed by atoms with Gasteiger partial charge in [-0.25, -0.2) is 0 Å². The molecular formula is C19H24F3NO4. The molecule has 1 fully saturated rings. The van der Waals surface area contributed by atoms with E-state index in [0.717, 1.165) is 18.2 Å². The molecule has 1 aliphatic carbocycles. The Hall–Kier alpha value is -2.25. The Kier molecular flexibility index (Phi) is 6.07. The summed E-state index contributed by atoms with van der Waals surface area (Å²) in [4.78, 5) is 24.0. The minimum Gasteiger partial charge on any atom is -0.508 e. The van der Waals surface area contributed by atoms with Gasteiger partial charge in [0.15, 0.2) is 0 Å². The normalized spacial score (nSPS) is 22.7. The number of amides is 1. The zero-order valence-corrected chi connectivity index (χ0v) is 15.5. The first-order valence-electron chi connectivity index (χ1n) is 8.80. The fourth-order valence-electron chi connectivity index (χ4n) is 3.61. The van der Waals surface area contributed by atoms with Crippen LogP contribution in [0.4, 0.5) is 13.2 Å². The van der Waals surface area contributed by atoms with E-state index < -0.39 is 23.1 Å². The van der Waals surface area contributed by atoms with E-state index in [4.69, 9.17) is 4.74 Å². The topological polar surface area (TPSA) is 75.6 Å². The molecule has 1 aromatic rings. The van der Waals surface area contributed by atoms with Crippen LogP contribution in [0.2, 0.25) is 0 Å². The molecule has 0 heterocycles. The van der Waals surface area contributed by atoms with Crippen LogP contribution in [0.3, 0.4) is 0 Å². The minimum absolute atomic E-state index is 0.00776. The number of hydrogen-bond donors (Lipinski definition) is 2. The van der Waals surface area contributed by atoms with Crippen molar-refractivity contribution in [1.29, 1.82) is 0 Å². The maximum atomic E-state index is 12.9. The van der Waals surface area contributed by atoms with Gasteiger partial charge in [0.1, 0.15) is 11.9 Å². The van der Waals surface area contributed by atoms with Gasteiger partial charge in [-0.15, -0.1) is 0 Å². The Morgan fingerprint density at radius 3 is 2.59 bits per heavy atom. The molecule has 8 heteroatoms. The van der Waals surface area contributed by atoms with Crippen LogP contribution < -0.4 is 5.32 Å². The maximum Gasteiger partial charge on any atom is 0.416 e. The first-order chi connectivity index (χ1) is 12.5. The van der Waals surface area contributed by atoms with Crippen molar-refractivity contribution >= 4 is 11.9 Å². The lowest BCUT2D eigenvalue weighted by molar-refractivity contribution is -0.147. The molecule has 0 spiro atoms. The Morgan fingerprint density at radius 2 is 2.04 bits per heavy atom. The molecule has 0 saturated heterocycles. The average molecular weight is 387 g/mol. The number of carbonyl (C=O) groups excluding carboxylic acids is 2. The molecule has 150 valence electrons. The van der Waals surface area contributed by atoms with Crippen LogP contribution in [0.25, 0.3) is 0 Å². The highest BCUT2D eigenvalue weighted by Gasteiger charge is 2.48. The highest BCUT2D eigenvalue weighted by atomic mass is 19.4. The average Bonchev–Trinajstić information content (AvgIpc) is 2.97. The number of nitrogens with one attached hydrogen (secondary N) is 1. The summed E-state index contributed by atoms with van der Waals surface area (Å²) in [6, 6.07) is 2.58. The number of phenolic OH excluding ortho intramolecular Hbond substituents is 1. The summed E-state index contributed by atoms with van der Waals surface area (Å²) in [5, 5.41) is 12.5. The molecule has 0 aliphatic heterocycles. The van der Waals surface area contributed by atoms with Gasteiger partial charge in [0.05, 0.1) is 11.0 Å². The molecule has 2 atom stereocenters. The van der Waals surface area contributed by atoms with Gasteiger partial charge in [-0.3, -0.25) is 9.59 Å². The number of phenols is 1. The summed E-state index contributed by atoms with van der Waals surface area (Å²) >= 11 is 0. The molecule has 1 aliphatic rings. The van der Waals surface area contributed by atoms with E-state index in [0.29, 0.717) is 19.3 Å². The fraction of sp³-hybridized carbons (Fsp3) is 0.579. The lowest BCUT2D eigenvalue weighted by Crippen LogP contribution is -2.43. The van der Waals surface area contributed by atoms with Gasteiger partial charge in [0.2, 0.25) is 5.91 Å². The standard InChI is InChI=1S/C19H24F3NO4/c1-11(2)18(7-6-15(9-18)27-12(3)24)17(26)23-10-13-8-14(19(20,21)22)4-5-16(13)25/h4-5,8,11,15,25H,6-7,9-10H2,1-3H3,(H,23,26)/t15?,18-/m0/s1. The van der Waals surface area contributed by atoms with E-state index in [1.165, 1.54) is 6.92 Å². The van der Waals surface area contributed by atoms with Crippen LogP contribution in [-0.4, -0.2) is 23.1 Å². The largest absolute Gasteiger partial charge is 0.508 e. The predicted octanol–water partition coefficient (Wildman–Crippen LogP) is 3.79. The smallest absolute Gasteiger partial charge is 0.416 e. The number of halogens is 3. The molecule has 1 unspecified atom stereocenters. The first-order valence-corrected chi connectivity index (χ1v) is 8.80. The van der Waals surface area contributed by atoms with Gasteiger partial charge in [-0.2, -0.15) is 13.2 Å². The summed E-state index contributed by atoms with van der Waals surface area (Å²) in [6.45, 7) is 4.86. The van der Waals surface area contributed by atoms with Crippen molar-refractivity contribution in [2.75, 3.05) is 0 Å². The third-order valence-electron chi connectivity index (χ3n) is 5.24. The van der Waals surface area contributed by atoms with Crippen molar-refractivity contribution < 1.29 is 32.6 Å². The second-order valence-electron chi connectivity index (χ2n) is 7.31. The van der Waals surface area contributed by atoms with Gasteiger partial charge >= 0.3 is 12.1 Å².